The molecule has 6 atom stereocenters. The number of hydrogen-bond acceptors (Lipinski definition) is 5. The van der Waals surface area contributed by atoms with Crippen molar-refractivity contribution in [3.63, 3.8) is 0 Å². The second-order valence-corrected chi connectivity index (χ2v) is 10.3. The van der Waals surface area contributed by atoms with Crippen molar-refractivity contribution in [2.24, 2.45) is 17.8 Å². The van der Waals surface area contributed by atoms with Crippen molar-refractivity contribution in [1.29, 1.82) is 0 Å². The van der Waals surface area contributed by atoms with E-state index in [2.05, 4.69) is 20.8 Å². The highest BCUT2D eigenvalue weighted by atomic mass is 16.8. The van der Waals surface area contributed by atoms with E-state index in [0.29, 0.717) is 23.3 Å². The molecule has 0 aromatic heterocycles. The smallest absolute Gasteiger partial charge is 0.345 e. The summed E-state index contributed by atoms with van der Waals surface area (Å²) in [6.45, 7) is 11.8. The largest absolute Gasteiger partial charge is 0.460 e. The van der Waals surface area contributed by atoms with Gasteiger partial charge in [-0.2, -0.15) is 0 Å². The Morgan fingerprint density at radius 2 is 1.81 bits per heavy atom. The molecule has 1 aliphatic carbocycles. The summed E-state index contributed by atoms with van der Waals surface area (Å²) in [5.74, 6) is 0.690. The molecule has 4 rings (SSSR count). The number of benzene rings is 1. The maximum atomic E-state index is 13.9. The van der Waals surface area contributed by atoms with Crippen LogP contribution in [-0.4, -0.2) is 40.9 Å². The monoisotopic (exact) mass is 429 g/mol. The van der Waals surface area contributed by atoms with Gasteiger partial charge in [0, 0.05) is 6.92 Å². The first-order valence-corrected chi connectivity index (χ1v) is 11.5. The van der Waals surface area contributed by atoms with Crippen LogP contribution in [-0.2, 0) is 29.4 Å². The van der Waals surface area contributed by atoms with Gasteiger partial charge in [0.15, 0.2) is 6.29 Å². The molecule has 0 spiro atoms. The van der Waals surface area contributed by atoms with Crippen LogP contribution in [0.3, 0.4) is 0 Å². The van der Waals surface area contributed by atoms with Crippen molar-refractivity contribution in [3.8, 4) is 0 Å². The number of esters is 1. The molecule has 0 N–H and O–H groups in total. The Bertz CT molecular complexity index is 838. The highest BCUT2D eigenvalue weighted by molar-refractivity contribution is 5.86. The Kier molecular flexibility index (Phi) is 5.67. The molecule has 31 heavy (non-hydrogen) atoms. The maximum absolute atomic E-state index is 13.9. The minimum absolute atomic E-state index is 0.152. The fraction of sp³-hybridized carbons (Fsp3) is 0.680. The van der Waals surface area contributed by atoms with Crippen LogP contribution < -0.4 is 0 Å². The van der Waals surface area contributed by atoms with E-state index in [4.69, 9.17) is 14.2 Å². The quantitative estimate of drug-likeness (QED) is 0.671. The van der Waals surface area contributed by atoms with Crippen molar-refractivity contribution in [2.75, 3.05) is 0 Å². The summed E-state index contributed by atoms with van der Waals surface area (Å²) in [5.41, 5.74) is -1.55. The fourth-order valence-corrected chi connectivity index (χ4v) is 5.77. The van der Waals surface area contributed by atoms with Gasteiger partial charge >= 0.3 is 5.97 Å². The van der Waals surface area contributed by atoms with Gasteiger partial charge < -0.3 is 19.1 Å². The van der Waals surface area contributed by atoms with E-state index in [-0.39, 0.29) is 12.0 Å². The lowest BCUT2D eigenvalue weighted by Crippen LogP contribution is -2.70. The number of fused-ring (bicyclic) bond motifs is 1. The van der Waals surface area contributed by atoms with E-state index < -0.39 is 29.6 Å². The molecule has 0 unspecified atom stereocenters. The van der Waals surface area contributed by atoms with Gasteiger partial charge in [0.2, 0.25) is 11.5 Å². The third kappa shape index (κ3) is 3.58. The summed E-state index contributed by atoms with van der Waals surface area (Å²) in [4.78, 5) is 28.1. The average Bonchev–Trinajstić information content (AvgIpc) is 2.90. The van der Waals surface area contributed by atoms with E-state index in [0.717, 1.165) is 19.3 Å². The first-order chi connectivity index (χ1) is 14.6. The Hall–Kier alpha value is -1.92. The Balaban J connectivity index is 1.70. The van der Waals surface area contributed by atoms with Gasteiger partial charge in [0.25, 0.3) is 0 Å². The Morgan fingerprint density at radius 3 is 2.42 bits per heavy atom. The molecule has 1 saturated carbocycles. The molecule has 3 aliphatic rings. The summed E-state index contributed by atoms with van der Waals surface area (Å²) in [6.07, 6.45) is 2.25. The number of carbonyl (C=O) groups excluding carboxylic acids is 2. The standard InChI is InChI=1S/C25H35NO5/c1-15(2)19-13-12-16(3)14-20(19)29-23(28)25(18-10-8-7-9-11-18)21-22(31-25)30-24(5,6)26(21)17(4)27/h7-11,15-16,19-22H,12-14H2,1-6H3/t16-,19+,20-,21-,22-,25-/m1/s1. The molecule has 6 heteroatoms. The minimum atomic E-state index is -1.38. The van der Waals surface area contributed by atoms with Gasteiger partial charge in [-0.25, -0.2) is 4.79 Å². The Morgan fingerprint density at radius 1 is 1.13 bits per heavy atom. The number of carbonyl (C=O) groups is 2. The van der Waals surface area contributed by atoms with Crippen LogP contribution in [0, 0.1) is 17.8 Å². The number of nitrogens with zero attached hydrogens (tertiary/aromatic N) is 1. The van der Waals surface area contributed by atoms with Gasteiger partial charge in [0.05, 0.1) is 0 Å². The molecule has 1 aromatic rings. The molecule has 0 radical (unpaired) electrons. The van der Waals surface area contributed by atoms with E-state index in [9.17, 15) is 9.59 Å². The lowest BCUT2D eigenvalue weighted by molar-refractivity contribution is -0.312. The molecule has 2 saturated heterocycles. The molecule has 170 valence electrons. The molecular weight excluding hydrogens is 394 g/mol. The van der Waals surface area contributed by atoms with Crippen molar-refractivity contribution < 1.29 is 23.8 Å². The second kappa shape index (κ2) is 7.89. The van der Waals surface area contributed by atoms with Gasteiger partial charge in [0.1, 0.15) is 17.9 Å². The van der Waals surface area contributed by atoms with Crippen LogP contribution in [0.1, 0.15) is 66.4 Å². The third-order valence-electron chi connectivity index (χ3n) is 7.30. The zero-order valence-corrected chi connectivity index (χ0v) is 19.5. The molecule has 6 nitrogen and oxygen atoms in total. The van der Waals surface area contributed by atoms with Crippen molar-refractivity contribution >= 4 is 11.9 Å². The van der Waals surface area contributed by atoms with Crippen LogP contribution in [0.25, 0.3) is 0 Å². The topological polar surface area (TPSA) is 65.1 Å². The molecule has 0 bridgehead atoms. The summed E-state index contributed by atoms with van der Waals surface area (Å²) in [6, 6.07) is 8.82. The van der Waals surface area contributed by atoms with Gasteiger partial charge in [-0.05, 0) is 50.0 Å². The SMILES string of the molecule is CC(=O)N1[C@@H]2[C@H](OC1(C)C)O[C@]2(C(=O)O[C@@H]1C[C@H](C)CC[C@H]1C(C)C)c1ccccc1. The summed E-state index contributed by atoms with van der Waals surface area (Å²) in [7, 11) is 0. The van der Waals surface area contributed by atoms with Gasteiger partial charge in [-0.1, -0.05) is 57.5 Å². The lowest BCUT2D eigenvalue weighted by atomic mass is 9.75. The predicted molar refractivity (Wildman–Crippen MR) is 116 cm³/mol. The molecular formula is C25H35NO5. The molecule has 3 fully saturated rings. The van der Waals surface area contributed by atoms with Crippen molar-refractivity contribution in [1.82, 2.24) is 4.90 Å². The maximum Gasteiger partial charge on any atom is 0.345 e. The van der Waals surface area contributed by atoms with Crippen molar-refractivity contribution in [3.05, 3.63) is 35.9 Å². The van der Waals surface area contributed by atoms with Crippen LogP contribution in [0.5, 0.6) is 0 Å². The van der Waals surface area contributed by atoms with E-state index >= 15 is 0 Å². The van der Waals surface area contributed by atoms with Crippen LogP contribution in [0.15, 0.2) is 30.3 Å². The second-order valence-electron chi connectivity index (χ2n) is 10.3. The highest BCUT2D eigenvalue weighted by Gasteiger charge is 2.72. The van der Waals surface area contributed by atoms with E-state index in [1.807, 2.05) is 44.2 Å². The minimum Gasteiger partial charge on any atom is -0.460 e. The van der Waals surface area contributed by atoms with Gasteiger partial charge in [-0.15, -0.1) is 0 Å². The van der Waals surface area contributed by atoms with Crippen molar-refractivity contribution in [2.45, 2.75) is 90.6 Å². The summed E-state index contributed by atoms with van der Waals surface area (Å²) < 4.78 is 18.4. The molecule has 1 aromatic carbocycles. The van der Waals surface area contributed by atoms with Gasteiger partial charge in [-0.3, -0.25) is 4.79 Å². The molecule has 2 heterocycles. The number of hydrogen-bond donors (Lipinski definition) is 0. The van der Waals surface area contributed by atoms with Crippen LogP contribution >= 0.6 is 0 Å². The normalized spacial score (nSPS) is 36.6. The zero-order valence-electron chi connectivity index (χ0n) is 19.5. The fourth-order valence-electron chi connectivity index (χ4n) is 5.77. The lowest BCUT2D eigenvalue weighted by Gasteiger charge is -2.51. The average molecular weight is 430 g/mol. The summed E-state index contributed by atoms with van der Waals surface area (Å²) >= 11 is 0. The van der Waals surface area contributed by atoms with Crippen LogP contribution in [0.2, 0.25) is 0 Å². The van der Waals surface area contributed by atoms with E-state index in [1.54, 1.807) is 4.90 Å². The third-order valence-corrected chi connectivity index (χ3v) is 7.30. The zero-order chi connectivity index (χ0) is 22.6. The summed E-state index contributed by atoms with van der Waals surface area (Å²) in [5, 5.41) is 0. The number of ether oxygens (including phenoxy) is 3. The Labute approximate surface area is 185 Å². The number of amides is 1. The van der Waals surface area contributed by atoms with E-state index in [1.165, 1.54) is 6.92 Å². The van der Waals surface area contributed by atoms with Crippen LogP contribution in [0.4, 0.5) is 0 Å². The highest BCUT2D eigenvalue weighted by Crippen LogP contribution is 2.54. The number of rotatable bonds is 4. The predicted octanol–water partition coefficient (Wildman–Crippen LogP) is 4.23. The first-order valence-electron chi connectivity index (χ1n) is 11.5. The molecule has 1 amide bonds. The first kappa shape index (κ1) is 22.3. The molecule has 2 aliphatic heterocycles.